The number of methoxy groups -OCH3 is 1. The normalized spacial score (nSPS) is 11.1. The first-order chi connectivity index (χ1) is 9.81. The quantitative estimate of drug-likeness (QED) is 0.800. The summed E-state index contributed by atoms with van der Waals surface area (Å²) in [6, 6.07) is 10.2. The van der Waals surface area contributed by atoms with E-state index >= 15 is 0 Å². The summed E-state index contributed by atoms with van der Waals surface area (Å²) in [6.07, 6.45) is 1.80. The zero-order valence-electron chi connectivity index (χ0n) is 11.2. The van der Waals surface area contributed by atoms with Gasteiger partial charge in [0.05, 0.1) is 17.8 Å². The van der Waals surface area contributed by atoms with Crippen LogP contribution in [0.15, 0.2) is 36.5 Å². The van der Waals surface area contributed by atoms with Gasteiger partial charge in [-0.2, -0.15) is 0 Å². The highest BCUT2D eigenvalue weighted by atomic mass is 32.1. The highest BCUT2D eigenvalue weighted by molar-refractivity contribution is 7.15. The van der Waals surface area contributed by atoms with E-state index < -0.39 is 0 Å². The van der Waals surface area contributed by atoms with Crippen molar-refractivity contribution in [2.75, 3.05) is 7.11 Å². The van der Waals surface area contributed by atoms with Gasteiger partial charge in [0.15, 0.2) is 0 Å². The summed E-state index contributed by atoms with van der Waals surface area (Å²) in [6.45, 7) is 0.990. The maximum Gasteiger partial charge on any atom is 0.124 e. The van der Waals surface area contributed by atoms with Crippen LogP contribution in [0.4, 0.5) is 0 Å². The number of hydrogen-bond donors (Lipinski definition) is 1. The average molecular weight is 285 g/mol. The van der Waals surface area contributed by atoms with Gasteiger partial charge in [-0.1, -0.05) is 6.07 Å². The zero-order chi connectivity index (χ0) is 13.9. The minimum absolute atomic E-state index is 0.492. The number of hydrogen-bond acceptors (Lipinski definition) is 5. The Morgan fingerprint density at radius 3 is 3.00 bits per heavy atom. The molecule has 0 atom stereocenters. The molecule has 4 nitrogen and oxygen atoms in total. The van der Waals surface area contributed by atoms with Gasteiger partial charge in [-0.3, -0.25) is 4.98 Å². The second kappa shape index (κ2) is 5.66. The van der Waals surface area contributed by atoms with Gasteiger partial charge < -0.3 is 10.5 Å². The smallest absolute Gasteiger partial charge is 0.124 e. The van der Waals surface area contributed by atoms with E-state index in [0.29, 0.717) is 13.2 Å². The zero-order valence-corrected chi connectivity index (χ0v) is 12.0. The molecule has 0 unspecified atom stereocenters. The number of ether oxygens (including phenoxy) is 1. The molecule has 102 valence electrons. The van der Waals surface area contributed by atoms with Gasteiger partial charge in [0.1, 0.15) is 5.01 Å². The average Bonchev–Trinajstić information content (AvgIpc) is 2.90. The van der Waals surface area contributed by atoms with Crippen molar-refractivity contribution in [1.29, 1.82) is 0 Å². The van der Waals surface area contributed by atoms with E-state index in [9.17, 15) is 0 Å². The van der Waals surface area contributed by atoms with E-state index in [0.717, 1.165) is 32.0 Å². The first kappa shape index (κ1) is 13.2. The molecule has 3 rings (SSSR count). The standard InChI is InChI=1S/C15H15N3OS/c1-19-9-13-14(8-16)20-15(18-13)11-4-5-12-10(7-11)3-2-6-17-12/h2-7H,8-9,16H2,1H3. The maximum absolute atomic E-state index is 5.77. The molecule has 3 aromatic rings. The van der Waals surface area contributed by atoms with E-state index in [1.165, 1.54) is 0 Å². The van der Waals surface area contributed by atoms with Crippen molar-refractivity contribution < 1.29 is 4.74 Å². The fraction of sp³-hybridized carbons (Fsp3) is 0.200. The molecule has 2 aromatic heterocycles. The summed E-state index contributed by atoms with van der Waals surface area (Å²) in [5, 5.41) is 2.09. The summed E-state index contributed by atoms with van der Waals surface area (Å²) in [4.78, 5) is 10.0. The fourth-order valence-electron chi connectivity index (χ4n) is 2.12. The van der Waals surface area contributed by atoms with Crippen LogP contribution < -0.4 is 5.73 Å². The highest BCUT2D eigenvalue weighted by Crippen LogP contribution is 2.30. The summed E-state index contributed by atoms with van der Waals surface area (Å²) < 4.78 is 5.17. The number of pyridine rings is 1. The second-order valence-corrected chi connectivity index (χ2v) is 5.52. The number of nitrogens with two attached hydrogens (primary N) is 1. The van der Waals surface area contributed by atoms with Crippen LogP contribution in [0.3, 0.4) is 0 Å². The monoisotopic (exact) mass is 285 g/mol. The number of nitrogens with zero attached hydrogens (tertiary/aromatic N) is 2. The van der Waals surface area contributed by atoms with Crippen molar-refractivity contribution in [3.63, 3.8) is 0 Å². The highest BCUT2D eigenvalue weighted by Gasteiger charge is 2.11. The first-order valence-corrected chi connectivity index (χ1v) is 7.16. The van der Waals surface area contributed by atoms with Gasteiger partial charge in [0, 0.05) is 35.7 Å². The minimum atomic E-state index is 0.492. The predicted octanol–water partition coefficient (Wildman–Crippen LogP) is 2.96. The van der Waals surface area contributed by atoms with Gasteiger partial charge >= 0.3 is 0 Å². The molecule has 5 heteroatoms. The molecule has 0 aliphatic carbocycles. The fourth-order valence-corrected chi connectivity index (χ4v) is 3.06. The summed E-state index contributed by atoms with van der Waals surface area (Å²) >= 11 is 1.62. The van der Waals surface area contributed by atoms with Gasteiger partial charge in [0.2, 0.25) is 0 Å². The van der Waals surface area contributed by atoms with E-state index in [1.807, 2.05) is 18.2 Å². The number of aromatic nitrogens is 2. The van der Waals surface area contributed by atoms with Crippen molar-refractivity contribution in [3.05, 3.63) is 47.1 Å². The van der Waals surface area contributed by atoms with E-state index in [-0.39, 0.29) is 0 Å². The Balaban J connectivity index is 2.05. The van der Waals surface area contributed by atoms with Crippen LogP contribution in [0, 0.1) is 0 Å². The lowest BCUT2D eigenvalue weighted by Crippen LogP contribution is -1.99. The third-order valence-electron chi connectivity index (χ3n) is 3.09. The molecule has 0 saturated carbocycles. The van der Waals surface area contributed by atoms with Crippen molar-refractivity contribution >= 4 is 22.2 Å². The molecular formula is C15H15N3OS. The Bertz CT molecular complexity index is 739. The Morgan fingerprint density at radius 2 is 2.20 bits per heavy atom. The third kappa shape index (κ3) is 2.43. The first-order valence-electron chi connectivity index (χ1n) is 6.34. The summed E-state index contributed by atoms with van der Waals surface area (Å²) in [5.74, 6) is 0. The molecular weight excluding hydrogens is 270 g/mol. The van der Waals surface area contributed by atoms with Gasteiger partial charge in [0.25, 0.3) is 0 Å². The van der Waals surface area contributed by atoms with Crippen molar-refractivity contribution in [2.45, 2.75) is 13.2 Å². The number of benzene rings is 1. The lowest BCUT2D eigenvalue weighted by molar-refractivity contribution is 0.181. The van der Waals surface area contributed by atoms with Crippen LogP contribution >= 0.6 is 11.3 Å². The molecule has 0 aliphatic heterocycles. The second-order valence-electron chi connectivity index (χ2n) is 4.44. The van der Waals surface area contributed by atoms with Crippen LogP contribution in [0.1, 0.15) is 10.6 Å². The molecule has 0 bridgehead atoms. The molecule has 0 amide bonds. The summed E-state index contributed by atoms with van der Waals surface area (Å²) in [5.41, 5.74) is 8.78. The Morgan fingerprint density at radius 1 is 1.30 bits per heavy atom. The van der Waals surface area contributed by atoms with Gasteiger partial charge in [-0.25, -0.2) is 4.98 Å². The van der Waals surface area contributed by atoms with E-state index in [2.05, 4.69) is 22.1 Å². The van der Waals surface area contributed by atoms with Crippen LogP contribution in [-0.4, -0.2) is 17.1 Å². The Kier molecular flexibility index (Phi) is 3.73. The Labute approximate surface area is 121 Å². The number of rotatable bonds is 4. The Hall–Kier alpha value is -1.82. The summed E-state index contributed by atoms with van der Waals surface area (Å²) in [7, 11) is 1.67. The van der Waals surface area contributed by atoms with Crippen LogP contribution in [0.25, 0.3) is 21.5 Å². The molecule has 2 heterocycles. The SMILES string of the molecule is COCc1nc(-c2ccc3ncccc3c2)sc1CN. The van der Waals surface area contributed by atoms with Crippen LogP contribution in [0.5, 0.6) is 0 Å². The largest absolute Gasteiger partial charge is 0.378 e. The van der Waals surface area contributed by atoms with Crippen molar-refractivity contribution in [3.8, 4) is 10.6 Å². The predicted molar refractivity (Wildman–Crippen MR) is 81.5 cm³/mol. The molecule has 0 saturated heterocycles. The minimum Gasteiger partial charge on any atom is -0.378 e. The van der Waals surface area contributed by atoms with E-state index in [4.69, 9.17) is 10.5 Å². The topological polar surface area (TPSA) is 61.0 Å². The molecule has 2 N–H and O–H groups in total. The molecule has 0 spiro atoms. The van der Waals surface area contributed by atoms with Crippen molar-refractivity contribution in [2.24, 2.45) is 5.73 Å². The third-order valence-corrected chi connectivity index (χ3v) is 4.26. The van der Waals surface area contributed by atoms with Crippen LogP contribution in [-0.2, 0) is 17.9 Å². The lowest BCUT2D eigenvalue weighted by atomic mass is 10.1. The molecule has 1 aromatic carbocycles. The molecule has 0 radical (unpaired) electrons. The molecule has 0 fully saturated rings. The lowest BCUT2D eigenvalue weighted by Gasteiger charge is -1.99. The van der Waals surface area contributed by atoms with Crippen LogP contribution in [0.2, 0.25) is 0 Å². The van der Waals surface area contributed by atoms with Gasteiger partial charge in [-0.15, -0.1) is 11.3 Å². The van der Waals surface area contributed by atoms with E-state index in [1.54, 1.807) is 24.6 Å². The molecule has 20 heavy (non-hydrogen) atoms. The number of thiazole rings is 1. The van der Waals surface area contributed by atoms with Gasteiger partial charge in [-0.05, 0) is 24.3 Å². The number of fused-ring (bicyclic) bond motifs is 1. The maximum atomic E-state index is 5.77. The molecule has 0 aliphatic rings. The van der Waals surface area contributed by atoms with Crippen molar-refractivity contribution in [1.82, 2.24) is 9.97 Å².